The van der Waals surface area contributed by atoms with Crippen molar-refractivity contribution >= 4 is 23.4 Å². The van der Waals surface area contributed by atoms with Gasteiger partial charge in [-0.15, -0.1) is 0 Å². The molecule has 1 atom stereocenters. The SMILES string of the molecule is Cc1nn(C)c(NC(C)c2ccccc2Cl)c1C(=O)O. The maximum atomic E-state index is 11.3. The number of halogens is 1. The Morgan fingerprint density at radius 1 is 1.45 bits per heavy atom. The average Bonchev–Trinajstić information content (AvgIpc) is 2.64. The van der Waals surface area contributed by atoms with Crippen LogP contribution in [-0.4, -0.2) is 20.9 Å². The minimum atomic E-state index is -0.996. The molecule has 0 bridgehead atoms. The van der Waals surface area contributed by atoms with Crippen LogP contribution in [-0.2, 0) is 7.05 Å². The van der Waals surface area contributed by atoms with E-state index in [-0.39, 0.29) is 11.6 Å². The van der Waals surface area contributed by atoms with Gasteiger partial charge in [0, 0.05) is 12.1 Å². The maximum absolute atomic E-state index is 11.3. The van der Waals surface area contributed by atoms with E-state index in [0.717, 1.165) is 5.56 Å². The van der Waals surface area contributed by atoms with E-state index in [1.165, 1.54) is 4.68 Å². The zero-order chi connectivity index (χ0) is 14.9. The van der Waals surface area contributed by atoms with Crippen molar-refractivity contribution in [1.29, 1.82) is 0 Å². The summed E-state index contributed by atoms with van der Waals surface area (Å²) in [5.74, 6) is -0.521. The van der Waals surface area contributed by atoms with Gasteiger partial charge in [-0.25, -0.2) is 4.79 Å². The molecule has 1 heterocycles. The van der Waals surface area contributed by atoms with Gasteiger partial charge in [0.1, 0.15) is 11.4 Å². The molecule has 0 fully saturated rings. The molecule has 2 N–H and O–H groups in total. The number of benzene rings is 1. The van der Waals surface area contributed by atoms with Crippen LogP contribution in [0.5, 0.6) is 0 Å². The van der Waals surface area contributed by atoms with Gasteiger partial charge in [-0.2, -0.15) is 5.10 Å². The summed E-state index contributed by atoms with van der Waals surface area (Å²) >= 11 is 6.15. The highest BCUT2D eigenvalue weighted by Crippen LogP contribution is 2.28. The van der Waals surface area contributed by atoms with Crippen molar-refractivity contribution < 1.29 is 9.90 Å². The van der Waals surface area contributed by atoms with E-state index >= 15 is 0 Å². The number of anilines is 1. The quantitative estimate of drug-likeness (QED) is 0.908. The highest BCUT2D eigenvalue weighted by atomic mass is 35.5. The number of carboxylic acids is 1. The lowest BCUT2D eigenvalue weighted by atomic mass is 10.1. The molecule has 2 rings (SSSR count). The van der Waals surface area contributed by atoms with Crippen molar-refractivity contribution in [2.45, 2.75) is 19.9 Å². The predicted octanol–water partition coefficient (Wildman–Crippen LogP) is 3.25. The third-order valence-corrected chi connectivity index (χ3v) is 3.51. The predicted molar refractivity (Wildman–Crippen MR) is 78.4 cm³/mol. The monoisotopic (exact) mass is 293 g/mol. The van der Waals surface area contributed by atoms with Crippen LogP contribution in [0.1, 0.15) is 34.6 Å². The minimum Gasteiger partial charge on any atom is -0.477 e. The molecule has 1 unspecified atom stereocenters. The van der Waals surface area contributed by atoms with E-state index in [0.29, 0.717) is 16.5 Å². The van der Waals surface area contributed by atoms with Crippen LogP contribution in [0, 0.1) is 6.92 Å². The Morgan fingerprint density at radius 3 is 2.70 bits per heavy atom. The van der Waals surface area contributed by atoms with E-state index in [9.17, 15) is 9.90 Å². The van der Waals surface area contributed by atoms with Gasteiger partial charge in [-0.05, 0) is 25.5 Å². The Hall–Kier alpha value is -2.01. The number of aryl methyl sites for hydroxylation is 2. The molecule has 106 valence electrons. The molecule has 5 nitrogen and oxygen atoms in total. The second-order valence-corrected chi connectivity index (χ2v) is 5.03. The summed E-state index contributed by atoms with van der Waals surface area (Å²) in [7, 11) is 1.71. The first-order valence-corrected chi connectivity index (χ1v) is 6.57. The summed E-state index contributed by atoms with van der Waals surface area (Å²) in [5, 5.41) is 17.2. The molecule has 0 saturated heterocycles. The van der Waals surface area contributed by atoms with Crippen molar-refractivity contribution in [1.82, 2.24) is 9.78 Å². The fourth-order valence-electron chi connectivity index (χ4n) is 2.19. The van der Waals surface area contributed by atoms with E-state index in [2.05, 4.69) is 10.4 Å². The molecule has 1 aromatic carbocycles. The van der Waals surface area contributed by atoms with Gasteiger partial charge < -0.3 is 10.4 Å². The Bertz CT molecular complexity index is 652. The summed E-state index contributed by atoms with van der Waals surface area (Å²) in [6, 6.07) is 7.34. The molecule has 0 spiro atoms. The Balaban J connectivity index is 2.36. The number of hydrogen-bond acceptors (Lipinski definition) is 3. The van der Waals surface area contributed by atoms with Crippen LogP contribution in [0.3, 0.4) is 0 Å². The fourth-order valence-corrected chi connectivity index (χ4v) is 2.49. The van der Waals surface area contributed by atoms with Crippen LogP contribution in [0.2, 0.25) is 5.02 Å². The van der Waals surface area contributed by atoms with Gasteiger partial charge in [0.2, 0.25) is 0 Å². The summed E-state index contributed by atoms with van der Waals surface area (Å²) in [4.78, 5) is 11.3. The second-order valence-electron chi connectivity index (χ2n) is 4.63. The molecular weight excluding hydrogens is 278 g/mol. The van der Waals surface area contributed by atoms with E-state index < -0.39 is 5.97 Å². The van der Waals surface area contributed by atoms with Gasteiger partial charge in [0.15, 0.2) is 0 Å². The number of hydrogen-bond donors (Lipinski definition) is 2. The van der Waals surface area contributed by atoms with Crippen molar-refractivity contribution in [3.63, 3.8) is 0 Å². The van der Waals surface area contributed by atoms with Crippen LogP contribution < -0.4 is 5.32 Å². The minimum absolute atomic E-state index is 0.128. The molecule has 0 saturated carbocycles. The van der Waals surface area contributed by atoms with Crippen LogP contribution >= 0.6 is 11.6 Å². The lowest BCUT2D eigenvalue weighted by molar-refractivity contribution is 0.0697. The van der Waals surface area contributed by atoms with Crippen LogP contribution in [0.15, 0.2) is 24.3 Å². The van der Waals surface area contributed by atoms with E-state index in [4.69, 9.17) is 11.6 Å². The molecule has 0 aliphatic rings. The summed E-state index contributed by atoms with van der Waals surface area (Å²) in [6.45, 7) is 3.60. The molecular formula is C14H16ClN3O2. The number of nitrogens with one attached hydrogen (secondary N) is 1. The normalized spacial score (nSPS) is 12.2. The van der Waals surface area contributed by atoms with Crippen molar-refractivity contribution in [3.8, 4) is 0 Å². The third-order valence-electron chi connectivity index (χ3n) is 3.16. The average molecular weight is 294 g/mol. The molecule has 0 radical (unpaired) electrons. The standard InChI is InChI=1S/C14H16ClN3O2/c1-8(10-6-4-5-7-11(10)15)16-13-12(14(19)20)9(2)17-18(13)3/h4-8,16H,1-3H3,(H,19,20). The number of aromatic nitrogens is 2. The zero-order valence-electron chi connectivity index (χ0n) is 11.5. The van der Waals surface area contributed by atoms with Crippen molar-refractivity contribution in [3.05, 3.63) is 46.1 Å². The fraction of sp³-hybridized carbons (Fsp3) is 0.286. The number of nitrogens with zero attached hydrogens (tertiary/aromatic N) is 2. The number of aromatic carboxylic acids is 1. The van der Waals surface area contributed by atoms with Crippen LogP contribution in [0.25, 0.3) is 0 Å². The lowest BCUT2D eigenvalue weighted by Gasteiger charge is -2.17. The first-order chi connectivity index (χ1) is 9.41. The molecule has 0 amide bonds. The second kappa shape index (κ2) is 5.54. The zero-order valence-corrected chi connectivity index (χ0v) is 12.3. The molecule has 0 aliphatic heterocycles. The van der Waals surface area contributed by atoms with E-state index in [1.54, 1.807) is 14.0 Å². The van der Waals surface area contributed by atoms with Gasteiger partial charge in [0.05, 0.1) is 11.7 Å². The first-order valence-electron chi connectivity index (χ1n) is 6.19. The largest absolute Gasteiger partial charge is 0.477 e. The Morgan fingerprint density at radius 2 is 2.10 bits per heavy atom. The van der Waals surface area contributed by atoms with Crippen molar-refractivity contribution in [2.75, 3.05) is 5.32 Å². The topological polar surface area (TPSA) is 67.2 Å². The highest BCUT2D eigenvalue weighted by Gasteiger charge is 2.21. The van der Waals surface area contributed by atoms with Gasteiger partial charge in [-0.3, -0.25) is 4.68 Å². The summed E-state index contributed by atoms with van der Waals surface area (Å²) in [6.07, 6.45) is 0. The van der Waals surface area contributed by atoms with Gasteiger partial charge >= 0.3 is 5.97 Å². The van der Waals surface area contributed by atoms with Gasteiger partial charge in [0.25, 0.3) is 0 Å². The number of carboxylic acid groups (broad SMARTS) is 1. The summed E-state index contributed by atoms with van der Waals surface area (Å²) < 4.78 is 1.53. The Labute approximate surface area is 122 Å². The highest BCUT2D eigenvalue weighted by molar-refractivity contribution is 6.31. The number of rotatable bonds is 4. The van der Waals surface area contributed by atoms with E-state index in [1.807, 2.05) is 31.2 Å². The molecule has 0 aliphatic carbocycles. The molecule has 20 heavy (non-hydrogen) atoms. The molecule has 2 aromatic rings. The maximum Gasteiger partial charge on any atom is 0.341 e. The summed E-state index contributed by atoms with van der Waals surface area (Å²) in [5.41, 5.74) is 1.57. The number of carbonyl (C=O) groups is 1. The van der Waals surface area contributed by atoms with Crippen LogP contribution in [0.4, 0.5) is 5.82 Å². The third kappa shape index (κ3) is 2.63. The molecule has 6 heteroatoms. The smallest absolute Gasteiger partial charge is 0.341 e. The van der Waals surface area contributed by atoms with Crippen molar-refractivity contribution in [2.24, 2.45) is 7.05 Å². The lowest BCUT2D eigenvalue weighted by Crippen LogP contribution is -2.13. The Kier molecular flexibility index (Phi) is 3.99. The first kappa shape index (κ1) is 14.4. The van der Waals surface area contributed by atoms with Gasteiger partial charge in [-0.1, -0.05) is 29.8 Å². The molecule has 1 aromatic heterocycles.